The number of hydrogen-bond acceptors (Lipinski definition) is 6. The fraction of sp³-hybridized carbons (Fsp3) is 0.350. The molecule has 11 heteroatoms. The normalized spacial score (nSPS) is 11.3. The molecule has 0 saturated heterocycles. The average molecular weight is 487 g/mol. The van der Waals surface area contributed by atoms with Crippen LogP contribution in [-0.2, 0) is 13.7 Å². The van der Waals surface area contributed by atoms with Crippen LogP contribution in [0, 0.1) is 34.6 Å². The van der Waals surface area contributed by atoms with Gasteiger partial charge >= 0.3 is 0 Å². The van der Waals surface area contributed by atoms with Gasteiger partial charge in [-0.15, -0.1) is 0 Å². The van der Waals surface area contributed by atoms with Crippen LogP contribution in [0.15, 0.2) is 21.3 Å². The minimum Gasteiger partial charge on any atom is -0.350 e. The Bertz CT molecular complexity index is 1290. The molecule has 0 unspecified atom stereocenters. The zero-order valence-corrected chi connectivity index (χ0v) is 19.8. The Kier molecular flexibility index (Phi) is 5.29. The van der Waals surface area contributed by atoms with Crippen LogP contribution in [-0.4, -0.2) is 40.4 Å². The van der Waals surface area contributed by atoms with Gasteiger partial charge in [-0.3, -0.25) is 9.48 Å². The van der Waals surface area contributed by atoms with Gasteiger partial charge in [-0.25, -0.2) is 9.36 Å². The van der Waals surface area contributed by atoms with Crippen molar-refractivity contribution in [2.45, 2.75) is 41.3 Å². The minimum atomic E-state index is -0.389. The van der Waals surface area contributed by atoms with Crippen molar-refractivity contribution in [1.29, 1.82) is 0 Å². The van der Waals surface area contributed by atoms with Crippen LogP contribution in [0.2, 0.25) is 0 Å². The second-order valence-electron chi connectivity index (χ2n) is 7.47. The Labute approximate surface area is 187 Å². The number of carbonyl (C=O) groups is 1. The van der Waals surface area contributed by atoms with E-state index in [1.54, 1.807) is 16.9 Å². The third-order valence-electron chi connectivity index (χ3n) is 5.43. The van der Waals surface area contributed by atoms with E-state index >= 15 is 0 Å². The van der Waals surface area contributed by atoms with Crippen molar-refractivity contribution in [3.8, 4) is 11.3 Å². The highest BCUT2D eigenvalue weighted by atomic mass is 79.9. The summed E-state index contributed by atoms with van der Waals surface area (Å²) in [7, 11) is 1.85. The Morgan fingerprint density at radius 3 is 2.35 bits per heavy atom. The van der Waals surface area contributed by atoms with Crippen molar-refractivity contribution in [3.05, 3.63) is 51.0 Å². The van der Waals surface area contributed by atoms with Crippen molar-refractivity contribution in [2.24, 2.45) is 7.05 Å². The van der Waals surface area contributed by atoms with E-state index < -0.39 is 0 Å². The molecule has 0 aliphatic heterocycles. The zero-order valence-electron chi connectivity index (χ0n) is 18.2. The van der Waals surface area contributed by atoms with E-state index in [-0.39, 0.29) is 11.7 Å². The van der Waals surface area contributed by atoms with Gasteiger partial charge in [0.15, 0.2) is 0 Å². The molecule has 0 aliphatic rings. The van der Waals surface area contributed by atoms with Crippen LogP contribution < -0.4 is 5.32 Å². The summed E-state index contributed by atoms with van der Waals surface area (Å²) >= 11 is 3.54. The summed E-state index contributed by atoms with van der Waals surface area (Å²) in [5, 5.41) is 20.2. The predicted octanol–water partition coefficient (Wildman–Crippen LogP) is 3.53. The number of amides is 1. The molecule has 31 heavy (non-hydrogen) atoms. The highest BCUT2D eigenvalue weighted by Gasteiger charge is 2.21. The number of aryl methyl sites for hydroxylation is 3. The Hall–Kier alpha value is -3.21. The first-order valence-corrected chi connectivity index (χ1v) is 10.5. The number of halogens is 1. The van der Waals surface area contributed by atoms with Gasteiger partial charge in [0.25, 0.3) is 5.91 Å². The van der Waals surface area contributed by atoms with Crippen molar-refractivity contribution in [1.82, 2.24) is 34.5 Å². The largest absolute Gasteiger partial charge is 0.350 e. The number of hydrogen-bond donors (Lipinski definition) is 1. The summed E-state index contributed by atoms with van der Waals surface area (Å²) in [5.74, 6) is -0.271. The van der Waals surface area contributed by atoms with Crippen molar-refractivity contribution >= 4 is 27.5 Å². The Balaban J connectivity index is 1.55. The lowest BCUT2D eigenvalue weighted by molar-refractivity contribution is 0.0988. The molecule has 4 rings (SSSR count). The summed E-state index contributed by atoms with van der Waals surface area (Å²) in [5.41, 5.74) is 6.40. The Morgan fingerprint density at radius 1 is 1.06 bits per heavy atom. The first kappa shape index (κ1) is 21.0. The highest BCUT2D eigenvalue weighted by molar-refractivity contribution is 9.10. The van der Waals surface area contributed by atoms with Crippen molar-refractivity contribution in [3.63, 3.8) is 0 Å². The molecule has 0 atom stereocenters. The molecule has 4 aromatic heterocycles. The molecule has 0 fully saturated rings. The zero-order chi connectivity index (χ0) is 22.4. The minimum absolute atomic E-state index is 0.118. The summed E-state index contributed by atoms with van der Waals surface area (Å²) < 4.78 is 11.7. The molecular formula is C20H23BrN8O2. The molecule has 0 aliphatic carbocycles. The summed E-state index contributed by atoms with van der Waals surface area (Å²) in [6.07, 6.45) is 1.70. The van der Waals surface area contributed by atoms with Crippen LogP contribution in [0.4, 0.5) is 5.69 Å². The number of anilines is 1. The Morgan fingerprint density at radius 2 is 1.74 bits per heavy atom. The van der Waals surface area contributed by atoms with Crippen LogP contribution in [0.1, 0.15) is 39.0 Å². The molecule has 162 valence electrons. The topological polar surface area (TPSA) is 109 Å². The SMILES string of the molecule is Cc1nn(Cn2nc(C)c(NC(=O)c3cc(-c4cnn(C)c4C)no3)c2C)c(C)c1Br. The number of rotatable bonds is 5. The van der Waals surface area contributed by atoms with E-state index in [2.05, 4.69) is 41.7 Å². The fourth-order valence-corrected chi connectivity index (χ4v) is 3.67. The van der Waals surface area contributed by atoms with E-state index in [0.29, 0.717) is 23.7 Å². The summed E-state index contributed by atoms with van der Waals surface area (Å²) in [6, 6.07) is 1.61. The van der Waals surface area contributed by atoms with Crippen LogP contribution in [0.5, 0.6) is 0 Å². The fourth-order valence-electron chi connectivity index (χ4n) is 3.39. The number of nitrogens with one attached hydrogen (secondary N) is 1. The standard InChI is InChI=1S/C20H23BrN8O2/c1-10-18(21)13(4)28(24-10)9-29-14(5)19(11(2)25-29)23-20(30)17-7-16(26-31-17)15-8-22-27(6)12(15)3/h7-8H,9H2,1-6H3,(H,23,30). The van der Waals surface area contributed by atoms with Crippen LogP contribution in [0.25, 0.3) is 11.3 Å². The molecular weight excluding hydrogens is 464 g/mol. The summed E-state index contributed by atoms with van der Waals surface area (Å²) in [6.45, 7) is 10.1. The summed E-state index contributed by atoms with van der Waals surface area (Å²) in [4.78, 5) is 12.8. The number of nitrogens with zero attached hydrogens (tertiary/aromatic N) is 7. The van der Waals surface area contributed by atoms with Crippen LogP contribution >= 0.6 is 15.9 Å². The lowest BCUT2D eigenvalue weighted by atomic mass is 10.2. The molecule has 4 heterocycles. The van der Waals surface area contributed by atoms with E-state index in [0.717, 1.165) is 32.8 Å². The van der Waals surface area contributed by atoms with E-state index in [1.807, 2.05) is 51.0 Å². The third-order valence-corrected chi connectivity index (χ3v) is 6.57. The number of carbonyl (C=O) groups excluding carboxylic acids is 1. The molecule has 1 amide bonds. The van der Waals surface area contributed by atoms with E-state index in [1.165, 1.54) is 0 Å². The van der Waals surface area contributed by atoms with Gasteiger partial charge in [-0.05, 0) is 50.5 Å². The molecule has 0 aromatic carbocycles. The molecule has 4 aromatic rings. The first-order chi connectivity index (χ1) is 14.7. The second-order valence-corrected chi connectivity index (χ2v) is 8.26. The van der Waals surface area contributed by atoms with Gasteiger partial charge in [-0.1, -0.05) is 5.16 Å². The van der Waals surface area contributed by atoms with Gasteiger partial charge < -0.3 is 9.84 Å². The van der Waals surface area contributed by atoms with Crippen molar-refractivity contribution in [2.75, 3.05) is 5.32 Å². The van der Waals surface area contributed by atoms with Gasteiger partial charge in [0, 0.05) is 24.4 Å². The average Bonchev–Trinajstić information content (AvgIpc) is 3.46. The third kappa shape index (κ3) is 3.69. The molecule has 1 N–H and O–H groups in total. The lowest BCUT2D eigenvalue weighted by Gasteiger charge is -2.08. The monoisotopic (exact) mass is 486 g/mol. The molecule has 0 bridgehead atoms. The van der Waals surface area contributed by atoms with Gasteiger partial charge in [0.2, 0.25) is 5.76 Å². The molecule has 10 nitrogen and oxygen atoms in total. The quantitative estimate of drug-likeness (QED) is 0.462. The van der Waals surface area contributed by atoms with Gasteiger partial charge in [-0.2, -0.15) is 15.3 Å². The maximum absolute atomic E-state index is 12.8. The molecule has 0 spiro atoms. The smallest absolute Gasteiger partial charge is 0.294 e. The second kappa shape index (κ2) is 7.80. The molecule has 0 radical (unpaired) electrons. The predicted molar refractivity (Wildman–Crippen MR) is 118 cm³/mol. The van der Waals surface area contributed by atoms with E-state index in [9.17, 15) is 4.79 Å². The van der Waals surface area contributed by atoms with Gasteiger partial charge in [0.05, 0.1) is 39.1 Å². The van der Waals surface area contributed by atoms with E-state index in [4.69, 9.17) is 4.52 Å². The maximum Gasteiger partial charge on any atom is 0.294 e. The number of aromatic nitrogens is 7. The lowest BCUT2D eigenvalue weighted by Crippen LogP contribution is -2.15. The first-order valence-electron chi connectivity index (χ1n) is 9.68. The molecule has 0 saturated carbocycles. The highest BCUT2D eigenvalue weighted by Crippen LogP contribution is 2.25. The van der Waals surface area contributed by atoms with Crippen molar-refractivity contribution < 1.29 is 9.32 Å². The maximum atomic E-state index is 12.8. The van der Waals surface area contributed by atoms with Crippen LogP contribution in [0.3, 0.4) is 0 Å². The van der Waals surface area contributed by atoms with Gasteiger partial charge in [0.1, 0.15) is 12.4 Å².